The monoisotopic (exact) mass is 364 g/mol. The number of sulfonamides is 1. The number of nitrogens with zero attached hydrogens (tertiary/aromatic N) is 2. The van der Waals surface area contributed by atoms with Crippen molar-refractivity contribution in [2.45, 2.75) is 37.6 Å². The van der Waals surface area contributed by atoms with Crippen LogP contribution >= 0.6 is 15.9 Å². The van der Waals surface area contributed by atoms with E-state index in [1.54, 1.807) is 20.8 Å². The van der Waals surface area contributed by atoms with Gasteiger partial charge in [0.15, 0.2) is 0 Å². The van der Waals surface area contributed by atoms with Crippen LogP contribution in [0.2, 0.25) is 0 Å². The molecule has 0 aliphatic carbocycles. The number of rotatable bonds is 5. The van der Waals surface area contributed by atoms with Gasteiger partial charge in [0, 0.05) is 29.0 Å². The summed E-state index contributed by atoms with van der Waals surface area (Å²) in [7, 11) is -3.80. The molecule has 1 aromatic rings. The average molecular weight is 365 g/mol. The molecule has 0 atom stereocenters. The summed E-state index contributed by atoms with van der Waals surface area (Å²) in [5, 5.41) is 8.77. The summed E-state index contributed by atoms with van der Waals surface area (Å²) in [5.41, 5.74) is -0.726. The third-order valence-electron chi connectivity index (χ3n) is 2.54. The number of pyridine rings is 1. The van der Waals surface area contributed by atoms with Gasteiger partial charge in [0.25, 0.3) is 0 Å². The minimum absolute atomic E-state index is 0.0344. The summed E-state index contributed by atoms with van der Waals surface area (Å²) in [6.07, 6.45) is 2.48. The van der Waals surface area contributed by atoms with Gasteiger partial charge in [-0.05, 0) is 42.8 Å². The number of carboxylic acids is 1. The molecule has 0 saturated heterocycles. The molecule has 112 valence electrons. The summed E-state index contributed by atoms with van der Waals surface area (Å²) < 4.78 is 27.0. The van der Waals surface area contributed by atoms with Crippen molar-refractivity contribution in [3.05, 3.63) is 22.9 Å². The number of halogens is 1. The first-order valence-corrected chi connectivity index (χ1v) is 8.13. The lowest BCUT2D eigenvalue weighted by Gasteiger charge is -2.34. The van der Waals surface area contributed by atoms with Crippen LogP contribution in [0.1, 0.15) is 27.2 Å². The van der Waals surface area contributed by atoms with Crippen molar-refractivity contribution in [3.8, 4) is 0 Å². The third kappa shape index (κ3) is 4.26. The molecule has 0 radical (unpaired) electrons. The lowest BCUT2D eigenvalue weighted by Crippen LogP contribution is -2.46. The molecule has 1 heterocycles. The fourth-order valence-corrected chi connectivity index (χ4v) is 3.97. The van der Waals surface area contributed by atoms with Gasteiger partial charge in [-0.1, -0.05) is 0 Å². The van der Waals surface area contributed by atoms with Gasteiger partial charge in [-0.15, -0.1) is 0 Å². The SMILES string of the molecule is CC(C)(C)N(CCC(=O)O)S(=O)(=O)c1cncc(Br)c1. The Hall–Kier alpha value is -0.990. The second-order valence-electron chi connectivity index (χ2n) is 5.23. The van der Waals surface area contributed by atoms with Crippen molar-refractivity contribution in [1.82, 2.24) is 9.29 Å². The minimum Gasteiger partial charge on any atom is -0.481 e. The Labute approximate surface area is 127 Å². The smallest absolute Gasteiger partial charge is 0.304 e. The van der Waals surface area contributed by atoms with Crippen LogP contribution < -0.4 is 0 Å². The Balaban J connectivity index is 3.21. The fourth-order valence-electron chi connectivity index (χ4n) is 1.67. The molecule has 0 fully saturated rings. The van der Waals surface area contributed by atoms with Gasteiger partial charge in [-0.25, -0.2) is 8.42 Å². The van der Waals surface area contributed by atoms with Crippen molar-refractivity contribution in [2.24, 2.45) is 0 Å². The Morgan fingerprint density at radius 2 is 2.00 bits per heavy atom. The van der Waals surface area contributed by atoms with Crippen LogP contribution in [0.15, 0.2) is 27.8 Å². The zero-order valence-corrected chi connectivity index (χ0v) is 13.9. The number of carboxylic acid groups (broad SMARTS) is 1. The highest BCUT2D eigenvalue weighted by Gasteiger charge is 2.34. The Kier molecular flexibility index (Phi) is 5.28. The molecule has 1 aromatic heterocycles. The molecule has 0 spiro atoms. The molecule has 0 unspecified atom stereocenters. The van der Waals surface area contributed by atoms with Crippen molar-refractivity contribution < 1.29 is 18.3 Å². The normalized spacial score (nSPS) is 12.7. The molecule has 0 aromatic carbocycles. The zero-order chi connectivity index (χ0) is 15.6. The van der Waals surface area contributed by atoms with Crippen LogP contribution in [-0.4, -0.2) is 40.9 Å². The van der Waals surface area contributed by atoms with Gasteiger partial charge in [-0.2, -0.15) is 4.31 Å². The maximum absolute atomic E-state index is 12.6. The molecule has 0 amide bonds. The summed E-state index contributed by atoms with van der Waals surface area (Å²) >= 11 is 3.18. The Morgan fingerprint density at radius 1 is 1.40 bits per heavy atom. The Morgan fingerprint density at radius 3 is 2.45 bits per heavy atom. The van der Waals surface area contributed by atoms with Crippen LogP contribution in [0.4, 0.5) is 0 Å². The van der Waals surface area contributed by atoms with E-state index in [1.807, 2.05) is 0 Å². The van der Waals surface area contributed by atoms with Crippen molar-refractivity contribution in [3.63, 3.8) is 0 Å². The van der Waals surface area contributed by atoms with Crippen LogP contribution in [0.25, 0.3) is 0 Å². The summed E-state index contributed by atoms with van der Waals surface area (Å²) in [4.78, 5) is 14.6. The van der Waals surface area contributed by atoms with Crippen LogP contribution in [0.5, 0.6) is 0 Å². The summed E-state index contributed by atoms with van der Waals surface area (Å²) in [5.74, 6) is -1.04. The first-order chi connectivity index (χ1) is 9.05. The molecule has 0 aliphatic heterocycles. The van der Waals surface area contributed by atoms with E-state index in [0.717, 1.165) is 0 Å². The van der Waals surface area contributed by atoms with E-state index in [2.05, 4.69) is 20.9 Å². The predicted molar refractivity (Wildman–Crippen MR) is 77.8 cm³/mol. The highest BCUT2D eigenvalue weighted by atomic mass is 79.9. The van der Waals surface area contributed by atoms with Gasteiger partial charge in [0.1, 0.15) is 4.90 Å². The molecule has 6 nitrogen and oxygen atoms in total. The van der Waals surface area contributed by atoms with Crippen LogP contribution in [-0.2, 0) is 14.8 Å². The molecule has 0 saturated carbocycles. The number of hydrogen-bond donors (Lipinski definition) is 1. The van der Waals surface area contributed by atoms with Crippen LogP contribution in [0.3, 0.4) is 0 Å². The van der Waals surface area contributed by atoms with Gasteiger partial charge in [-0.3, -0.25) is 9.78 Å². The molecule has 8 heteroatoms. The predicted octanol–water partition coefficient (Wildman–Crippen LogP) is 2.11. The molecule has 0 aliphatic rings. The van der Waals surface area contributed by atoms with E-state index in [1.165, 1.54) is 22.8 Å². The molecular weight excluding hydrogens is 348 g/mol. The number of aliphatic carboxylic acids is 1. The lowest BCUT2D eigenvalue weighted by molar-refractivity contribution is -0.137. The minimum atomic E-state index is -3.80. The quantitative estimate of drug-likeness (QED) is 0.864. The van der Waals surface area contributed by atoms with Gasteiger partial charge >= 0.3 is 5.97 Å². The van der Waals surface area contributed by atoms with Crippen molar-refractivity contribution in [2.75, 3.05) is 6.54 Å². The van der Waals surface area contributed by atoms with E-state index in [-0.39, 0.29) is 17.9 Å². The second-order valence-corrected chi connectivity index (χ2v) is 8.01. The largest absolute Gasteiger partial charge is 0.481 e. The summed E-state index contributed by atoms with van der Waals surface area (Å²) in [6, 6.07) is 1.45. The maximum atomic E-state index is 12.6. The van der Waals surface area contributed by atoms with E-state index in [0.29, 0.717) is 4.47 Å². The maximum Gasteiger partial charge on any atom is 0.304 e. The zero-order valence-electron chi connectivity index (χ0n) is 11.5. The van der Waals surface area contributed by atoms with E-state index in [4.69, 9.17) is 5.11 Å². The lowest BCUT2D eigenvalue weighted by atomic mass is 10.1. The highest BCUT2D eigenvalue weighted by molar-refractivity contribution is 9.10. The van der Waals surface area contributed by atoms with Gasteiger partial charge in [0.05, 0.1) is 6.42 Å². The van der Waals surface area contributed by atoms with E-state index in [9.17, 15) is 13.2 Å². The van der Waals surface area contributed by atoms with E-state index < -0.39 is 21.5 Å². The Bertz CT molecular complexity index is 596. The first kappa shape index (κ1) is 17.1. The number of aromatic nitrogens is 1. The summed E-state index contributed by atoms with van der Waals surface area (Å²) in [6.45, 7) is 5.07. The first-order valence-electron chi connectivity index (χ1n) is 5.90. The van der Waals surface area contributed by atoms with Gasteiger partial charge < -0.3 is 5.11 Å². The molecule has 0 bridgehead atoms. The third-order valence-corrected chi connectivity index (χ3v) is 5.11. The van der Waals surface area contributed by atoms with Crippen molar-refractivity contribution >= 4 is 31.9 Å². The van der Waals surface area contributed by atoms with Gasteiger partial charge in [0.2, 0.25) is 10.0 Å². The number of carbonyl (C=O) groups is 1. The topological polar surface area (TPSA) is 87.6 Å². The van der Waals surface area contributed by atoms with Crippen molar-refractivity contribution in [1.29, 1.82) is 0 Å². The highest BCUT2D eigenvalue weighted by Crippen LogP contribution is 2.25. The molecule has 1 rings (SSSR count). The number of hydrogen-bond acceptors (Lipinski definition) is 4. The molecular formula is C12H17BrN2O4S. The second kappa shape index (κ2) is 6.19. The molecule has 1 N–H and O–H groups in total. The van der Waals surface area contributed by atoms with Crippen LogP contribution in [0, 0.1) is 0 Å². The fraction of sp³-hybridized carbons (Fsp3) is 0.500. The average Bonchev–Trinajstić information content (AvgIpc) is 2.26. The standard InChI is InChI=1S/C12H17BrN2O4S/c1-12(2,3)15(5-4-11(16)17)20(18,19)10-6-9(13)7-14-8-10/h6-8H,4-5H2,1-3H3,(H,16,17). The molecule has 20 heavy (non-hydrogen) atoms. The van der Waals surface area contributed by atoms with E-state index >= 15 is 0 Å².